The first-order chi connectivity index (χ1) is 15.3. The second-order valence-electron chi connectivity index (χ2n) is 8.20. The van der Waals surface area contributed by atoms with Crippen LogP contribution in [-0.2, 0) is 0 Å². The van der Waals surface area contributed by atoms with E-state index in [1.54, 1.807) is 0 Å². The Bertz CT molecular complexity index is 1030. The number of ether oxygens (including phenoxy) is 1. The van der Waals surface area contributed by atoms with E-state index in [0.717, 1.165) is 22.2 Å². The zero-order chi connectivity index (χ0) is 21.2. The summed E-state index contributed by atoms with van der Waals surface area (Å²) in [7, 11) is 0. The monoisotopic (exact) mass is 432 g/mol. The fourth-order valence-electron chi connectivity index (χ4n) is 4.98. The van der Waals surface area contributed by atoms with E-state index in [-0.39, 0.29) is 12.1 Å². The Kier molecular flexibility index (Phi) is 5.64. The van der Waals surface area contributed by atoms with Gasteiger partial charge in [0.1, 0.15) is 11.8 Å². The molecule has 1 N–H and O–H groups in total. The molecule has 2 atom stereocenters. The summed E-state index contributed by atoms with van der Waals surface area (Å²) >= 11 is 5.86. The minimum atomic E-state index is -0.0182. The Morgan fingerprint density at radius 1 is 1.06 bits per heavy atom. The predicted molar refractivity (Wildman–Crippen MR) is 127 cm³/mol. The SMILES string of the molecule is CCOc1ccc(N2C(=S)N[C@@H](c3ccccn3)[C@@H]2c2cccn2C2CCCC2)cc1. The maximum absolute atomic E-state index is 5.86. The summed E-state index contributed by atoms with van der Waals surface area (Å²) in [5, 5.41) is 4.29. The number of hydrogen-bond acceptors (Lipinski definition) is 3. The first-order valence-corrected chi connectivity index (χ1v) is 11.6. The maximum Gasteiger partial charge on any atom is 0.174 e. The minimum Gasteiger partial charge on any atom is -0.494 e. The first kappa shape index (κ1) is 20.1. The van der Waals surface area contributed by atoms with Crippen LogP contribution in [0, 0.1) is 0 Å². The number of rotatable bonds is 6. The van der Waals surface area contributed by atoms with Crippen molar-refractivity contribution in [1.29, 1.82) is 0 Å². The van der Waals surface area contributed by atoms with Crippen molar-refractivity contribution in [3.05, 3.63) is 78.4 Å². The van der Waals surface area contributed by atoms with Gasteiger partial charge >= 0.3 is 0 Å². The highest BCUT2D eigenvalue weighted by molar-refractivity contribution is 7.80. The van der Waals surface area contributed by atoms with Gasteiger partial charge in [0.05, 0.1) is 18.3 Å². The zero-order valence-electron chi connectivity index (χ0n) is 17.8. The van der Waals surface area contributed by atoms with Crippen molar-refractivity contribution < 1.29 is 4.74 Å². The summed E-state index contributed by atoms with van der Waals surface area (Å²) in [6.45, 7) is 2.65. The predicted octanol–water partition coefficient (Wildman–Crippen LogP) is 5.57. The summed E-state index contributed by atoms with van der Waals surface area (Å²) < 4.78 is 8.12. The van der Waals surface area contributed by atoms with Crippen LogP contribution in [0.4, 0.5) is 5.69 Å². The molecule has 31 heavy (non-hydrogen) atoms. The highest BCUT2D eigenvalue weighted by Gasteiger charge is 2.42. The van der Waals surface area contributed by atoms with Gasteiger partial charge in [-0.1, -0.05) is 18.9 Å². The second kappa shape index (κ2) is 8.71. The molecule has 1 saturated carbocycles. The second-order valence-corrected chi connectivity index (χ2v) is 8.59. The van der Waals surface area contributed by atoms with Gasteiger partial charge in [-0.05, 0) is 80.5 Å². The van der Waals surface area contributed by atoms with Crippen LogP contribution in [0.15, 0.2) is 67.0 Å². The third kappa shape index (κ3) is 3.81. The van der Waals surface area contributed by atoms with Crippen LogP contribution < -0.4 is 15.0 Å². The lowest BCUT2D eigenvalue weighted by Gasteiger charge is -2.30. The molecule has 5 rings (SSSR count). The van der Waals surface area contributed by atoms with Crippen LogP contribution in [0.2, 0.25) is 0 Å². The first-order valence-electron chi connectivity index (χ1n) is 11.2. The maximum atomic E-state index is 5.86. The lowest BCUT2D eigenvalue weighted by Crippen LogP contribution is -2.30. The number of nitrogens with zero attached hydrogens (tertiary/aromatic N) is 3. The third-order valence-electron chi connectivity index (χ3n) is 6.36. The number of hydrogen-bond donors (Lipinski definition) is 1. The molecule has 0 amide bonds. The fourth-order valence-corrected chi connectivity index (χ4v) is 5.32. The molecule has 0 radical (unpaired) electrons. The topological polar surface area (TPSA) is 42.3 Å². The molecule has 0 unspecified atom stereocenters. The number of pyridine rings is 1. The quantitative estimate of drug-likeness (QED) is 0.516. The molecule has 0 spiro atoms. The summed E-state index contributed by atoms with van der Waals surface area (Å²) in [6, 6.07) is 19.3. The van der Waals surface area contributed by atoms with Crippen molar-refractivity contribution in [1.82, 2.24) is 14.9 Å². The molecule has 1 aliphatic carbocycles. The van der Waals surface area contributed by atoms with E-state index in [4.69, 9.17) is 17.0 Å². The van der Waals surface area contributed by atoms with Crippen molar-refractivity contribution in [2.45, 2.75) is 50.7 Å². The Labute approximate surface area is 189 Å². The molecule has 3 aromatic rings. The van der Waals surface area contributed by atoms with Crippen molar-refractivity contribution >= 4 is 23.0 Å². The van der Waals surface area contributed by atoms with Gasteiger partial charge in [-0.25, -0.2) is 0 Å². The van der Waals surface area contributed by atoms with Crippen molar-refractivity contribution in [3.63, 3.8) is 0 Å². The number of nitrogens with one attached hydrogen (secondary N) is 1. The van der Waals surface area contributed by atoms with Crippen LogP contribution in [0.25, 0.3) is 0 Å². The van der Waals surface area contributed by atoms with Crippen LogP contribution >= 0.6 is 12.2 Å². The van der Waals surface area contributed by atoms with Gasteiger partial charge in [0, 0.05) is 29.8 Å². The van der Waals surface area contributed by atoms with E-state index in [0.29, 0.717) is 12.6 Å². The van der Waals surface area contributed by atoms with E-state index in [2.05, 4.69) is 56.3 Å². The van der Waals surface area contributed by atoms with E-state index in [1.165, 1.54) is 31.4 Å². The fraction of sp³-hybridized carbons (Fsp3) is 0.360. The normalized spacial score (nSPS) is 21.5. The van der Waals surface area contributed by atoms with Gasteiger partial charge in [0.15, 0.2) is 5.11 Å². The average Bonchev–Trinajstić information content (AvgIpc) is 3.54. The van der Waals surface area contributed by atoms with Gasteiger partial charge in [-0.15, -0.1) is 0 Å². The Balaban J connectivity index is 1.58. The Morgan fingerprint density at radius 3 is 2.58 bits per heavy atom. The third-order valence-corrected chi connectivity index (χ3v) is 6.67. The smallest absolute Gasteiger partial charge is 0.174 e. The largest absolute Gasteiger partial charge is 0.494 e. The molecule has 160 valence electrons. The number of anilines is 1. The van der Waals surface area contributed by atoms with E-state index in [1.807, 2.05) is 37.4 Å². The van der Waals surface area contributed by atoms with Crippen molar-refractivity contribution in [3.8, 4) is 5.75 Å². The highest BCUT2D eigenvalue weighted by atomic mass is 32.1. The Morgan fingerprint density at radius 2 is 1.87 bits per heavy atom. The summed E-state index contributed by atoms with van der Waals surface area (Å²) in [4.78, 5) is 6.91. The van der Waals surface area contributed by atoms with E-state index >= 15 is 0 Å². The number of aromatic nitrogens is 2. The lowest BCUT2D eigenvalue weighted by atomic mass is 10.00. The molecule has 1 aromatic carbocycles. The van der Waals surface area contributed by atoms with Gasteiger partial charge in [0.2, 0.25) is 0 Å². The van der Waals surface area contributed by atoms with Gasteiger partial charge in [-0.2, -0.15) is 0 Å². The standard InChI is InChI=1S/C25H28N4OS/c1-2-30-20-14-12-19(13-15-20)29-24(22-11-7-17-28(22)18-8-3-4-9-18)23(27-25(29)31)21-10-5-6-16-26-21/h5-7,10-18,23-24H,2-4,8-9H2,1H3,(H,27,31)/t23-,24-/m0/s1. The summed E-state index contributed by atoms with van der Waals surface area (Å²) in [6.07, 6.45) is 9.17. The molecule has 2 aliphatic rings. The molecule has 3 heterocycles. The highest BCUT2D eigenvalue weighted by Crippen LogP contribution is 2.43. The molecule has 2 aromatic heterocycles. The molecular weight excluding hydrogens is 404 g/mol. The molecule has 6 heteroatoms. The van der Waals surface area contributed by atoms with Gasteiger partial charge in [0.25, 0.3) is 0 Å². The molecular formula is C25H28N4OS. The summed E-state index contributed by atoms with van der Waals surface area (Å²) in [5.41, 5.74) is 3.34. The molecule has 1 saturated heterocycles. The van der Waals surface area contributed by atoms with Gasteiger partial charge in [-0.3, -0.25) is 4.98 Å². The average molecular weight is 433 g/mol. The summed E-state index contributed by atoms with van der Waals surface area (Å²) in [5.74, 6) is 0.872. The van der Waals surface area contributed by atoms with Gasteiger partial charge < -0.3 is 19.5 Å². The number of benzene rings is 1. The molecule has 1 aliphatic heterocycles. The van der Waals surface area contributed by atoms with Crippen LogP contribution in [0.3, 0.4) is 0 Å². The van der Waals surface area contributed by atoms with E-state index in [9.17, 15) is 0 Å². The Hall–Kier alpha value is -2.86. The van der Waals surface area contributed by atoms with Crippen molar-refractivity contribution in [2.75, 3.05) is 11.5 Å². The zero-order valence-corrected chi connectivity index (χ0v) is 18.6. The molecule has 2 fully saturated rings. The van der Waals surface area contributed by atoms with Crippen LogP contribution in [0.1, 0.15) is 62.1 Å². The number of thiocarbonyl (C=S) groups is 1. The van der Waals surface area contributed by atoms with Crippen LogP contribution in [-0.4, -0.2) is 21.3 Å². The molecule has 0 bridgehead atoms. The lowest BCUT2D eigenvalue weighted by molar-refractivity contribution is 0.340. The van der Waals surface area contributed by atoms with Crippen LogP contribution in [0.5, 0.6) is 5.75 Å². The van der Waals surface area contributed by atoms with Crippen molar-refractivity contribution in [2.24, 2.45) is 0 Å². The molecule has 5 nitrogen and oxygen atoms in total. The van der Waals surface area contributed by atoms with E-state index < -0.39 is 0 Å². The minimum absolute atomic E-state index is 0.0182.